The number of para-hydroxylation sites is 1. The molecule has 0 saturated carbocycles. The van der Waals surface area contributed by atoms with Crippen molar-refractivity contribution < 1.29 is 14.0 Å². The molecular formula is C17H20N2O4. The lowest BCUT2D eigenvalue weighted by Crippen LogP contribution is -2.38. The molecule has 3 rings (SSSR count). The molecule has 0 aliphatic carbocycles. The van der Waals surface area contributed by atoms with Crippen molar-refractivity contribution >= 4 is 16.7 Å². The predicted octanol–water partition coefficient (Wildman–Crippen LogP) is 1.87. The molecule has 0 radical (unpaired) electrons. The summed E-state index contributed by atoms with van der Waals surface area (Å²) < 4.78 is 10.6. The maximum atomic E-state index is 12.0. The van der Waals surface area contributed by atoms with Crippen LogP contribution in [0.25, 0.3) is 11.0 Å². The molecule has 0 atom stereocenters. The highest BCUT2D eigenvalue weighted by molar-refractivity contribution is 6.00. The van der Waals surface area contributed by atoms with E-state index in [-0.39, 0.29) is 0 Å². The van der Waals surface area contributed by atoms with Crippen LogP contribution in [0.4, 0.5) is 0 Å². The Morgan fingerprint density at radius 1 is 1.30 bits per heavy atom. The zero-order chi connectivity index (χ0) is 16.1. The van der Waals surface area contributed by atoms with Gasteiger partial charge >= 0.3 is 5.63 Å². The Balaban J connectivity index is 1.63. The van der Waals surface area contributed by atoms with Crippen molar-refractivity contribution in [1.82, 2.24) is 4.90 Å². The van der Waals surface area contributed by atoms with Gasteiger partial charge < -0.3 is 14.0 Å². The first kappa shape index (κ1) is 15.7. The summed E-state index contributed by atoms with van der Waals surface area (Å²) in [5, 5.41) is 4.91. The van der Waals surface area contributed by atoms with Gasteiger partial charge in [-0.3, -0.25) is 4.90 Å². The minimum absolute atomic E-state index is 0.401. The van der Waals surface area contributed by atoms with Gasteiger partial charge in [-0.25, -0.2) is 4.79 Å². The van der Waals surface area contributed by atoms with Gasteiger partial charge in [0.2, 0.25) is 0 Å². The molecule has 122 valence electrons. The summed E-state index contributed by atoms with van der Waals surface area (Å²) in [6.07, 6.45) is 0. The minimum Gasteiger partial charge on any atom is -0.422 e. The van der Waals surface area contributed by atoms with Crippen LogP contribution in [0.3, 0.4) is 0 Å². The second-order valence-electron chi connectivity index (χ2n) is 5.45. The van der Waals surface area contributed by atoms with E-state index in [1.54, 1.807) is 19.1 Å². The molecule has 0 spiro atoms. The first-order valence-corrected chi connectivity index (χ1v) is 7.74. The number of hydrogen-bond donors (Lipinski definition) is 0. The number of oxime groups is 1. The topological polar surface area (TPSA) is 64.3 Å². The third kappa shape index (κ3) is 3.97. The lowest BCUT2D eigenvalue weighted by atomic mass is 10.1. The largest absolute Gasteiger partial charge is 0.422 e. The van der Waals surface area contributed by atoms with Gasteiger partial charge in [0.05, 0.1) is 24.5 Å². The van der Waals surface area contributed by atoms with Crippen LogP contribution in [-0.4, -0.2) is 50.1 Å². The predicted molar refractivity (Wildman–Crippen MR) is 87.9 cm³/mol. The summed E-state index contributed by atoms with van der Waals surface area (Å²) in [5.74, 6) is 0. The molecule has 1 fully saturated rings. The number of nitrogens with zero attached hydrogens (tertiary/aromatic N) is 2. The third-order valence-corrected chi connectivity index (χ3v) is 3.84. The van der Waals surface area contributed by atoms with Gasteiger partial charge in [0.15, 0.2) is 0 Å². The van der Waals surface area contributed by atoms with Crippen LogP contribution >= 0.6 is 0 Å². The average molecular weight is 316 g/mol. The van der Waals surface area contributed by atoms with Gasteiger partial charge in [-0.15, -0.1) is 0 Å². The van der Waals surface area contributed by atoms with Crippen molar-refractivity contribution in [3.8, 4) is 0 Å². The Morgan fingerprint density at radius 2 is 2.09 bits per heavy atom. The Labute approximate surface area is 134 Å². The molecule has 1 aromatic heterocycles. The molecule has 1 aliphatic rings. The molecule has 6 heteroatoms. The monoisotopic (exact) mass is 316 g/mol. The summed E-state index contributed by atoms with van der Waals surface area (Å²) in [4.78, 5) is 19.6. The van der Waals surface area contributed by atoms with E-state index in [0.717, 1.165) is 38.2 Å². The van der Waals surface area contributed by atoms with Gasteiger partial charge in [-0.2, -0.15) is 0 Å². The lowest BCUT2D eigenvalue weighted by Gasteiger charge is -2.25. The smallest absolute Gasteiger partial charge is 0.345 e. The Bertz CT molecular complexity index is 748. The molecule has 1 saturated heterocycles. The quantitative estimate of drug-likeness (QED) is 0.365. The third-order valence-electron chi connectivity index (χ3n) is 3.84. The van der Waals surface area contributed by atoms with Crippen LogP contribution in [-0.2, 0) is 9.57 Å². The van der Waals surface area contributed by atoms with Gasteiger partial charge in [-0.05, 0) is 19.1 Å². The molecule has 0 N–H and O–H groups in total. The van der Waals surface area contributed by atoms with Crippen molar-refractivity contribution in [2.75, 3.05) is 39.5 Å². The van der Waals surface area contributed by atoms with Crippen molar-refractivity contribution in [3.05, 3.63) is 46.3 Å². The first-order chi connectivity index (χ1) is 11.2. The van der Waals surface area contributed by atoms with Gasteiger partial charge in [-0.1, -0.05) is 23.4 Å². The van der Waals surface area contributed by atoms with Crippen LogP contribution in [0, 0.1) is 0 Å². The number of benzene rings is 1. The number of ether oxygens (including phenoxy) is 1. The van der Waals surface area contributed by atoms with Crippen molar-refractivity contribution in [2.24, 2.45) is 5.16 Å². The standard InChI is InChI=1S/C17H20N2O4/c1-13(18-22-11-8-19-6-9-21-10-7-19)15-12-14-4-2-3-5-16(14)23-17(15)20/h2-5,12H,6-11H2,1H3. The summed E-state index contributed by atoms with van der Waals surface area (Å²) in [6.45, 7) is 6.39. The zero-order valence-electron chi connectivity index (χ0n) is 13.2. The summed E-state index contributed by atoms with van der Waals surface area (Å²) in [6, 6.07) is 9.18. The highest BCUT2D eigenvalue weighted by Crippen LogP contribution is 2.13. The second kappa shape index (κ2) is 7.39. The minimum atomic E-state index is -0.401. The van der Waals surface area contributed by atoms with E-state index in [1.807, 2.05) is 18.2 Å². The van der Waals surface area contributed by atoms with Crippen LogP contribution in [0.5, 0.6) is 0 Å². The fourth-order valence-corrected chi connectivity index (χ4v) is 2.50. The summed E-state index contributed by atoms with van der Waals surface area (Å²) in [5.41, 5.74) is 1.12. The molecule has 1 aromatic carbocycles. The van der Waals surface area contributed by atoms with E-state index in [1.165, 1.54) is 0 Å². The highest BCUT2D eigenvalue weighted by atomic mass is 16.6. The molecule has 2 aromatic rings. The lowest BCUT2D eigenvalue weighted by molar-refractivity contribution is 0.0212. The second-order valence-corrected chi connectivity index (χ2v) is 5.45. The van der Waals surface area contributed by atoms with Crippen LogP contribution in [0.15, 0.2) is 44.7 Å². The normalized spacial score (nSPS) is 16.7. The molecule has 2 heterocycles. The van der Waals surface area contributed by atoms with Crippen LogP contribution in [0.1, 0.15) is 12.5 Å². The first-order valence-electron chi connectivity index (χ1n) is 7.74. The molecule has 6 nitrogen and oxygen atoms in total. The maximum absolute atomic E-state index is 12.0. The average Bonchev–Trinajstić information content (AvgIpc) is 2.59. The van der Waals surface area contributed by atoms with Crippen molar-refractivity contribution in [1.29, 1.82) is 0 Å². The fraction of sp³-hybridized carbons (Fsp3) is 0.412. The highest BCUT2D eigenvalue weighted by Gasteiger charge is 2.11. The van der Waals surface area contributed by atoms with Gasteiger partial charge in [0.25, 0.3) is 0 Å². The summed E-state index contributed by atoms with van der Waals surface area (Å²) in [7, 11) is 0. The molecular weight excluding hydrogens is 296 g/mol. The Morgan fingerprint density at radius 3 is 2.91 bits per heavy atom. The molecule has 0 amide bonds. The van der Waals surface area contributed by atoms with E-state index >= 15 is 0 Å². The van der Waals surface area contributed by atoms with E-state index in [9.17, 15) is 4.79 Å². The van der Waals surface area contributed by atoms with E-state index in [2.05, 4.69) is 10.1 Å². The zero-order valence-corrected chi connectivity index (χ0v) is 13.2. The summed E-state index contributed by atoms with van der Waals surface area (Å²) >= 11 is 0. The molecule has 23 heavy (non-hydrogen) atoms. The molecule has 0 bridgehead atoms. The number of hydrogen-bond acceptors (Lipinski definition) is 6. The Kier molecular flexibility index (Phi) is 5.05. The van der Waals surface area contributed by atoms with E-state index < -0.39 is 5.63 Å². The van der Waals surface area contributed by atoms with Crippen molar-refractivity contribution in [2.45, 2.75) is 6.92 Å². The van der Waals surface area contributed by atoms with E-state index in [0.29, 0.717) is 23.5 Å². The molecule has 1 aliphatic heterocycles. The van der Waals surface area contributed by atoms with Crippen molar-refractivity contribution in [3.63, 3.8) is 0 Å². The fourth-order valence-electron chi connectivity index (χ4n) is 2.50. The number of fused-ring (bicyclic) bond motifs is 1. The number of morpholine rings is 1. The van der Waals surface area contributed by atoms with Crippen LogP contribution in [0.2, 0.25) is 0 Å². The van der Waals surface area contributed by atoms with Crippen LogP contribution < -0.4 is 5.63 Å². The maximum Gasteiger partial charge on any atom is 0.345 e. The molecule has 0 unspecified atom stereocenters. The number of rotatable bonds is 5. The van der Waals surface area contributed by atoms with Gasteiger partial charge in [0.1, 0.15) is 12.2 Å². The van der Waals surface area contributed by atoms with Gasteiger partial charge in [0, 0.05) is 25.0 Å². The Hall–Kier alpha value is -2.18. The SMILES string of the molecule is CC(=NOCCN1CCOCC1)c1cc2ccccc2oc1=O. The van der Waals surface area contributed by atoms with E-state index in [4.69, 9.17) is 14.0 Å².